The van der Waals surface area contributed by atoms with E-state index in [1.807, 2.05) is 44.2 Å². The largest absolute Gasteiger partial charge is 0.486 e. The predicted molar refractivity (Wildman–Crippen MR) is 143 cm³/mol. The molecule has 8 nitrogen and oxygen atoms in total. The number of rotatable bonds is 6. The summed E-state index contributed by atoms with van der Waals surface area (Å²) in [5, 5.41) is 6.02. The van der Waals surface area contributed by atoms with Crippen LogP contribution in [0.5, 0.6) is 11.5 Å². The highest BCUT2D eigenvalue weighted by Gasteiger charge is 2.24. The van der Waals surface area contributed by atoms with Gasteiger partial charge < -0.3 is 24.1 Å². The van der Waals surface area contributed by atoms with E-state index in [9.17, 15) is 14.4 Å². The second-order valence-corrected chi connectivity index (χ2v) is 9.67. The number of ether oxygens (including phenoxy) is 3. The zero-order valence-corrected chi connectivity index (χ0v) is 21.6. The molecule has 4 aromatic rings. The maximum Gasteiger partial charge on any atom is 0.341 e. The molecular formula is C28H26N2O6S. The van der Waals surface area contributed by atoms with Crippen molar-refractivity contribution in [2.24, 2.45) is 0 Å². The summed E-state index contributed by atoms with van der Waals surface area (Å²) in [6.07, 6.45) is 0.0598. The number of carbonyl (C=O) groups excluding carboxylic acids is 2. The molecule has 0 aliphatic carbocycles. The van der Waals surface area contributed by atoms with Crippen molar-refractivity contribution in [3.8, 4) is 22.6 Å². The maximum atomic E-state index is 13.0. The highest BCUT2D eigenvalue weighted by Crippen LogP contribution is 2.40. The number of pyridine rings is 1. The molecule has 1 amide bonds. The van der Waals surface area contributed by atoms with Gasteiger partial charge in [0.25, 0.3) is 5.56 Å². The summed E-state index contributed by atoms with van der Waals surface area (Å²) >= 11 is 1.24. The van der Waals surface area contributed by atoms with Crippen molar-refractivity contribution < 1.29 is 23.8 Å². The molecule has 9 heteroatoms. The Bertz CT molecular complexity index is 1590. The first-order chi connectivity index (χ1) is 17.9. The third kappa shape index (κ3) is 4.70. The fourth-order valence-corrected chi connectivity index (χ4v) is 5.56. The van der Waals surface area contributed by atoms with E-state index in [0.717, 1.165) is 27.6 Å². The van der Waals surface area contributed by atoms with Gasteiger partial charge in [0.2, 0.25) is 5.91 Å². The molecular weight excluding hydrogens is 492 g/mol. The third-order valence-corrected chi connectivity index (χ3v) is 7.28. The number of nitrogens with one attached hydrogen (secondary N) is 1. The van der Waals surface area contributed by atoms with Crippen LogP contribution < -0.4 is 20.3 Å². The number of benzene rings is 2. The number of hydrogen-bond donors (Lipinski definition) is 1. The summed E-state index contributed by atoms with van der Waals surface area (Å²) in [5.41, 5.74) is 4.18. The van der Waals surface area contributed by atoms with Gasteiger partial charge >= 0.3 is 5.97 Å². The van der Waals surface area contributed by atoms with Crippen molar-refractivity contribution in [2.75, 3.05) is 25.6 Å². The van der Waals surface area contributed by atoms with Gasteiger partial charge in [-0.25, -0.2) is 4.79 Å². The van der Waals surface area contributed by atoms with Crippen LogP contribution in [-0.4, -0.2) is 36.8 Å². The van der Waals surface area contributed by atoms with Gasteiger partial charge in [-0.05, 0) is 42.7 Å². The number of hydrogen-bond acceptors (Lipinski definition) is 7. The van der Waals surface area contributed by atoms with Gasteiger partial charge in [0.05, 0.1) is 12.6 Å². The lowest BCUT2D eigenvalue weighted by molar-refractivity contribution is -0.116. The molecule has 0 spiro atoms. The Kier molecular flexibility index (Phi) is 6.71. The van der Waals surface area contributed by atoms with Crippen molar-refractivity contribution in [2.45, 2.75) is 26.8 Å². The second-order valence-electron chi connectivity index (χ2n) is 8.79. The number of aryl methyl sites for hydroxylation is 3. The quantitative estimate of drug-likeness (QED) is 0.364. The molecule has 1 aliphatic rings. The van der Waals surface area contributed by atoms with Gasteiger partial charge in [0.15, 0.2) is 11.5 Å². The Balaban J connectivity index is 1.40. The lowest BCUT2D eigenvalue weighted by Gasteiger charge is -2.19. The number of methoxy groups -OCH3 is 1. The molecule has 190 valence electrons. The monoisotopic (exact) mass is 518 g/mol. The number of fused-ring (bicyclic) bond motifs is 2. The zero-order valence-electron chi connectivity index (χ0n) is 20.8. The van der Waals surface area contributed by atoms with Crippen LogP contribution in [0, 0.1) is 13.8 Å². The Morgan fingerprint density at radius 1 is 1.05 bits per heavy atom. The van der Waals surface area contributed by atoms with Crippen LogP contribution in [0.25, 0.3) is 22.0 Å². The minimum absolute atomic E-state index is 0.0598. The molecule has 0 unspecified atom stereocenters. The first kappa shape index (κ1) is 24.6. The number of carbonyl (C=O) groups is 2. The van der Waals surface area contributed by atoms with E-state index in [-0.39, 0.29) is 30.0 Å². The molecule has 37 heavy (non-hydrogen) atoms. The summed E-state index contributed by atoms with van der Waals surface area (Å²) in [4.78, 5) is 38.5. The van der Waals surface area contributed by atoms with E-state index in [4.69, 9.17) is 14.2 Å². The second kappa shape index (κ2) is 10.1. The highest BCUT2D eigenvalue weighted by molar-refractivity contribution is 7.15. The SMILES string of the molecule is COC(=O)c1c(-c2ccc3c(c2)OCCO3)csc1NC(=O)CCn1c(=O)cc(C)c2cccc(C)c21. The predicted octanol–water partition coefficient (Wildman–Crippen LogP) is 4.93. The van der Waals surface area contributed by atoms with Crippen LogP contribution in [0.1, 0.15) is 27.9 Å². The smallest absolute Gasteiger partial charge is 0.341 e. The number of anilines is 1. The summed E-state index contributed by atoms with van der Waals surface area (Å²) < 4.78 is 17.9. The minimum Gasteiger partial charge on any atom is -0.486 e. The summed E-state index contributed by atoms with van der Waals surface area (Å²) in [5.74, 6) is 0.377. The highest BCUT2D eigenvalue weighted by atomic mass is 32.1. The molecule has 0 saturated heterocycles. The Morgan fingerprint density at radius 2 is 1.84 bits per heavy atom. The molecule has 2 aromatic carbocycles. The van der Waals surface area contributed by atoms with Gasteiger partial charge in [-0.1, -0.05) is 24.3 Å². The molecule has 0 fully saturated rings. The first-order valence-electron chi connectivity index (χ1n) is 11.9. The molecule has 1 aliphatic heterocycles. The van der Waals surface area contributed by atoms with E-state index >= 15 is 0 Å². The van der Waals surface area contributed by atoms with Gasteiger partial charge in [-0.15, -0.1) is 11.3 Å². The number of aromatic nitrogens is 1. The Hall–Kier alpha value is -4.11. The molecule has 0 bridgehead atoms. The zero-order chi connectivity index (χ0) is 26.1. The minimum atomic E-state index is -0.558. The van der Waals surface area contributed by atoms with Gasteiger partial charge in [-0.2, -0.15) is 0 Å². The lowest BCUT2D eigenvalue weighted by atomic mass is 10.0. The van der Waals surface area contributed by atoms with E-state index < -0.39 is 5.97 Å². The van der Waals surface area contributed by atoms with Gasteiger partial charge in [0, 0.05) is 35.4 Å². The lowest BCUT2D eigenvalue weighted by Crippen LogP contribution is -2.24. The molecule has 0 radical (unpaired) electrons. The molecule has 3 heterocycles. The standard InChI is InChI=1S/C28H26N2O6S/c1-16-5-4-6-19-17(2)13-24(32)30(26(16)19)10-9-23(31)29-27-25(28(33)34-3)20(15-37-27)18-7-8-21-22(14-18)36-12-11-35-21/h4-8,13-15H,9-12H2,1-3H3,(H,29,31). The number of esters is 1. The Morgan fingerprint density at radius 3 is 2.62 bits per heavy atom. The average molecular weight is 519 g/mol. The Labute approximate surface area is 217 Å². The average Bonchev–Trinajstić information content (AvgIpc) is 3.31. The van der Waals surface area contributed by atoms with Crippen LogP contribution in [0.3, 0.4) is 0 Å². The fraction of sp³-hybridized carbons (Fsp3) is 0.250. The number of amides is 1. The van der Waals surface area contributed by atoms with Gasteiger partial charge in [-0.3, -0.25) is 9.59 Å². The van der Waals surface area contributed by atoms with Crippen LogP contribution in [0.2, 0.25) is 0 Å². The number of thiophene rings is 1. The molecule has 0 atom stereocenters. The first-order valence-corrected chi connectivity index (χ1v) is 12.7. The third-order valence-electron chi connectivity index (χ3n) is 6.39. The van der Waals surface area contributed by atoms with Crippen molar-refractivity contribution in [3.05, 3.63) is 74.9 Å². The summed E-state index contributed by atoms with van der Waals surface area (Å²) in [7, 11) is 1.30. The molecule has 0 saturated carbocycles. The fourth-order valence-electron chi connectivity index (χ4n) is 4.59. The van der Waals surface area contributed by atoms with Gasteiger partial charge in [0.1, 0.15) is 23.8 Å². The van der Waals surface area contributed by atoms with Crippen molar-refractivity contribution in [1.82, 2.24) is 4.57 Å². The van der Waals surface area contributed by atoms with Crippen LogP contribution in [0.4, 0.5) is 5.00 Å². The molecule has 1 N–H and O–H groups in total. The van der Waals surface area contributed by atoms with E-state index in [2.05, 4.69) is 5.32 Å². The van der Waals surface area contributed by atoms with Crippen molar-refractivity contribution in [3.63, 3.8) is 0 Å². The number of nitrogens with zero attached hydrogens (tertiary/aromatic N) is 1. The van der Waals surface area contributed by atoms with Crippen molar-refractivity contribution in [1.29, 1.82) is 0 Å². The van der Waals surface area contributed by atoms with Crippen LogP contribution in [0.15, 0.2) is 52.6 Å². The molecule has 2 aromatic heterocycles. The van der Waals surface area contributed by atoms with E-state index in [0.29, 0.717) is 35.3 Å². The van der Waals surface area contributed by atoms with E-state index in [1.165, 1.54) is 18.4 Å². The summed E-state index contributed by atoms with van der Waals surface area (Å²) in [6.45, 7) is 5.00. The molecule has 5 rings (SSSR count). The number of para-hydroxylation sites is 1. The maximum absolute atomic E-state index is 13.0. The van der Waals surface area contributed by atoms with Crippen LogP contribution in [-0.2, 0) is 16.1 Å². The van der Waals surface area contributed by atoms with E-state index in [1.54, 1.807) is 22.1 Å². The topological polar surface area (TPSA) is 95.9 Å². The summed E-state index contributed by atoms with van der Waals surface area (Å²) in [6, 6.07) is 12.9. The van der Waals surface area contributed by atoms with Crippen molar-refractivity contribution >= 4 is 39.1 Å². The van der Waals surface area contributed by atoms with Crippen LogP contribution >= 0.6 is 11.3 Å². The normalized spacial score (nSPS) is 12.4.